The molecule has 106 valence electrons. The summed E-state index contributed by atoms with van der Waals surface area (Å²) >= 11 is 1.41. The quantitative estimate of drug-likeness (QED) is 0.489. The van der Waals surface area contributed by atoms with Crippen molar-refractivity contribution in [2.45, 2.75) is 31.1 Å². The second-order valence-electron chi connectivity index (χ2n) is 3.88. The van der Waals surface area contributed by atoms with E-state index in [0.717, 1.165) is 6.42 Å². The number of methoxy groups -OCH3 is 1. The number of amides is 1. The summed E-state index contributed by atoms with van der Waals surface area (Å²) < 4.78 is 4.87. The summed E-state index contributed by atoms with van der Waals surface area (Å²) in [5, 5.41) is 11.2. The highest BCUT2D eigenvalue weighted by atomic mass is 32.2. The molecule has 2 atom stereocenters. The minimum absolute atomic E-state index is 0.0417. The lowest BCUT2D eigenvalue weighted by atomic mass is 10.2. The fourth-order valence-corrected chi connectivity index (χ4v) is 2.12. The first-order valence-corrected chi connectivity index (χ1v) is 6.90. The second kappa shape index (κ2) is 10.2. The highest BCUT2D eigenvalue weighted by Gasteiger charge is 2.15. The number of hydrogen-bond acceptors (Lipinski definition) is 5. The standard InChI is InChI=1S/C11H22N2O4S/c1-8(10(14)13-5-3-6-17-2)18-7-4-9(12)11(15)16/h8-9H,3-7,12H2,1-2H3,(H,13,14)(H,15,16). The minimum Gasteiger partial charge on any atom is -0.480 e. The van der Waals surface area contributed by atoms with E-state index in [0.29, 0.717) is 25.3 Å². The van der Waals surface area contributed by atoms with Crippen LogP contribution in [-0.4, -0.2) is 54.3 Å². The Morgan fingerprint density at radius 1 is 1.50 bits per heavy atom. The predicted octanol–water partition coefficient (Wildman–Crippen LogP) is 0.0628. The SMILES string of the molecule is COCCCNC(=O)C(C)SCCC(N)C(=O)O. The van der Waals surface area contributed by atoms with Gasteiger partial charge in [0.1, 0.15) is 6.04 Å². The second-order valence-corrected chi connectivity index (χ2v) is 5.33. The van der Waals surface area contributed by atoms with Crippen molar-refractivity contribution in [2.24, 2.45) is 5.73 Å². The average molecular weight is 278 g/mol. The van der Waals surface area contributed by atoms with Gasteiger partial charge in [-0.05, 0) is 25.5 Å². The zero-order valence-corrected chi connectivity index (χ0v) is 11.7. The van der Waals surface area contributed by atoms with E-state index in [2.05, 4.69) is 5.32 Å². The van der Waals surface area contributed by atoms with Crippen LogP contribution in [0, 0.1) is 0 Å². The van der Waals surface area contributed by atoms with Crippen molar-refractivity contribution in [3.05, 3.63) is 0 Å². The molecule has 0 spiro atoms. The van der Waals surface area contributed by atoms with E-state index in [4.69, 9.17) is 15.6 Å². The zero-order chi connectivity index (χ0) is 14.0. The molecule has 2 unspecified atom stereocenters. The first-order valence-electron chi connectivity index (χ1n) is 5.85. The van der Waals surface area contributed by atoms with Gasteiger partial charge in [-0.25, -0.2) is 0 Å². The molecule has 18 heavy (non-hydrogen) atoms. The maximum absolute atomic E-state index is 11.6. The van der Waals surface area contributed by atoms with Gasteiger partial charge in [0.05, 0.1) is 5.25 Å². The third kappa shape index (κ3) is 8.32. The molecule has 0 aromatic rings. The molecule has 0 aromatic heterocycles. The fraction of sp³-hybridized carbons (Fsp3) is 0.818. The van der Waals surface area contributed by atoms with Crippen LogP contribution in [0.25, 0.3) is 0 Å². The molecular weight excluding hydrogens is 256 g/mol. The summed E-state index contributed by atoms with van der Waals surface area (Å²) in [7, 11) is 1.62. The fourth-order valence-electron chi connectivity index (χ4n) is 1.14. The molecule has 0 radical (unpaired) electrons. The summed E-state index contributed by atoms with van der Waals surface area (Å²) in [6, 6.07) is -0.852. The molecule has 0 aliphatic rings. The third-order valence-electron chi connectivity index (χ3n) is 2.31. The van der Waals surface area contributed by atoms with Crippen molar-refractivity contribution < 1.29 is 19.4 Å². The lowest BCUT2D eigenvalue weighted by Crippen LogP contribution is -2.33. The Hall–Kier alpha value is -0.790. The lowest BCUT2D eigenvalue weighted by molar-refractivity contribution is -0.138. The number of carboxylic acid groups (broad SMARTS) is 1. The van der Waals surface area contributed by atoms with Crippen LogP contribution >= 0.6 is 11.8 Å². The first-order chi connectivity index (χ1) is 8.49. The van der Waals surface area contributed by atoms with Crippen LogP contribution in [-0.2, 0) is 14.3 Å². The van der Waals surface area contributed by atoms with Crippen LogP contribution in [0.4, 0.5) is 0 Å². The Labute approximate surface area is 112 Å². The Balaban J connectivity index is 3.64. The largest absolute Gasteiger partial charge is 0.480 e. The van der Waals surface area contributed by atoms with Crippen LogP contribution < -0.4 is 11.1 Å². The Kier molecular flexibility index (Phi) is 9.72. The number of carbonyl (C=O) groups excluding carboxylic acids is 1. The number of carboxylic acids is 1. The molecule has 0 saturated heterocycles. The topological polar surface area (TPSA) is 102 Å². The maximum Gasteiger partial charge on any atom is 0.320 e. The van der Waals surface area contributed by atoms with Crippen molar-refractivity contribution in [1.82, 2.24) is 5.32 Å². The highest BCUT2D eigenvalue weighted by molar-refractivity contribution is 8.00. The number of thioether (sulfide) groups is 1. The third-order valence-corrected chi connectivity index (χ3v) is 3.49. The summed E-state index contributed by atoms with van der Waals surface area (Å²) in [5.74, 6) is -0.493. The first kappa shape index (κ1) is 17.2. The van der Waals surface area contributed by atoms with Gasteiger partial charge in [0.2, 0.25) is 5.91 Å². The number of aliphatic carboxylic acids is 1. The number of hydrogen-bond donors (Lipinski definition) is 3. The van der Waals surface area contributed by atoms with Gasteiger partial charge < -0.3 is 20.9 Å². The van der Waals surface area contributed by atoms with Crippen molar-refractivity contribution in [3.63, 3.8) is 0 Å². The number of rotatable bonds is 10. The number of nitrogens with one attached hydrogen (secondary N) is 1. The van der Waals surface area contributed by atoms with Gasteiger partial charge in [-0.2, -0.15) is 0 Å². The number of ether oxygens (including phenoxy) is 1. The minimum atomic E-state index is -1.01. The predicted molar refractivity (Wildman–Crippen MR) is 71.7 cm³/mol. The molecule has 0 heterocycles. The molecule has 0 aliphatic heterocycles. The summed E-state index contributed by atoms with van der Waals surface area (Å²) in [6.07, 6.45) is 1.14. The highest BCUT2D eigenvalue weighted by Crippen LogP contribution is 2.12. The van der Waals surface area contributed by atoms with E-state index in [-0.39, 0.29) is 11.2 Å². The van der Waals surface area contributed by atoms with Gasteiger partial charge in [-0.1, -0.05) is 0 Å². The van der Waals surface area contributed by atoms with E-state index in [1.807, 2.05) is 0 Å². The molecule has 0 rings (SSSR count). The van der Waals surface area contributed by atoms with Gasteiger partial charge in [0, 0.05) is 20.3 Å². The molecule has 0 bridgehead atoms. The molecule has 4 N–H and O–H groups in total. The van der Waals surface area contributed by atoms with Gasteiger partial charge >= 0.3 is 5.97 Å². The van der Waals surface area contributed by atoms with E-state index < -0.39 is 12.0 Å². The monoisotopic (exact) mass is 278 g/mol. The molecule has 1 amide bonds. The molecule has 6 nitrogen and oxygen atoms in total. The molecule has 0 aliphatic carbocycles. The normalized spacial score (nSPS) is 13.9. The zero-order valence-electron chi connectivity index (χ0n) is 10.8. The van der Waals surface area contributed by atoms with Gasteiger partial charge in [-0.3, -0.25) is 9.59 Å². The van der Waals surface area contributed by atoms with Crippen LogP contribution in [0.2, 0.25) is 0 Å². The van der Waals surface area contributed by atoms with Crippen molar-refractivity contribution in [1.29, 1.82) is 0 Å². The molecular formula is C11H22N2O4S. The van der Waals surface area contributed by atoms with Gasteiger partial charge in [-0.15, -0.1) is 11.8 Å². The van der Waals surface area contributed by atoms with Gasteiger partial charge in [0.25, 0.3) is 0 Å². The Bertz CT molecular complexity index is 263. The van der Waals surface area contributed by atoms with Crippen molar-refractivity contribution in [3.8, 4) is 0 Å². The Morgan fingerprint density at radius 2 is 2.17 bits per heavy atom. The van der Waals surface area contributed by atoms with E-state index >= 15 is 0 Å². The maximum atomic E-state index is 11.6. The van der Waals surface area contributed by atoms with E-state index in [1.54, 1.807) is 14.0 Å². The van der Waals surface area contributed by atoms with Gasteiger partial charge in [0.15, 0.2) is 0 Å². The van der Waals surface area contributed by atoms with Crippen molar-refractivity contribution >= 4 is 23.6 Å². The summed E-state index contributed by atoms with van der Waals surface area (Å²) in [4.78, 5) is 22.1. The Morgan fingerprint density at radius 3 is 2.72 bits per heavy atom. The van der Waals surface area contributed by atoms with Crippen LogP contribution in [0.1, 0.15) is 19.8 Å². The van der Waals surface area contributed by atoms with E-state index in [9.17, 15) is 9.59 Å². The number of carbonyl (C=O) groups is 2. The molecule has 7 heteroatoms. The van der Waals surface area contributed by atoms with E-state index in [1.165, 1.54) is 11.8 Å². The summed E-state index contributed by atoms with van der Waals surface area (Å²) in [6.45, 7) is 3.00. The summed E-state index contributed by atoms with van der Waals surface area (Å²) in [5.41, 5.74) is 5.37. The smallest absolute Gasteiger partial charge is 0.320 e. The average Bonchev–Trinajstić information content (AvgIpc) is 2.33. The van der Waals surface area contributed by atoms with Crippen LogP contribution in [0.3, 0.4) is 0 Å². The van der Waals surface area contributed by atoms with Crippen LogP contribution in [0.15, 0.2) is 0 Å². The lowest BCUT2D eigenvalue weighted by Gasteiger charge is -2.12. The molecule has 0 aromatic carbocycles. The van der Waals surface area contributed by atoms with Crippen molar-refractivity contribution in [2.75, 3.05) is 26.0 Å². The van der Waals surface area contributed by atoms with Crippen LogP contribution in [0.5, 0.6) is 0 Å². The number of nitrogens with two attached hydrogens (primary N) is 1. The molecule has 0 fully saturated rings. The molecule has 0 saturated carbocycles.